The Kier molecular flexibility index (Phi) is 4.35. The number of benzene rings is 1. The van der Waals surface area contributed by atoms with E-state index in [4.69, 9.17) is 22.1 Å². The Morgan fingerprint density at radius 3 is 2.79 bits per heavy atom. The molecule has 7 heteroatoms. The van der Waals surface area contributed by atoms with Crippen LogP contribution in [0.3, 0.4) is 0 Å². The number of nitrogens with two attached hydrogens (primary N) is 1. The molecule has 1 aliphatic rings. The minimum Gasteiger partial charge on any atom is -0.397 e. The first-order chi connectivity index (χ1) is 8.90. The van der Waals surface area contributed by atoms with E-state index in [1.165, 1.54) is 12.1 Å². The van der Waals surface area contributed by atoms with E-state index in [0.717, 1.165) is 12.8 Å². The molecule has 1 aromatic rings. The van der Waals surface area contributed by atoms with Crippen LogP contribution in [-0.2, 0) is 14.8 Å². The average molecular weight is 305 g/mol. The predicted molar refractivity (Wildman–Crippen MR) is 74.8 cm³/mol. The molecular formula is C12H17ClN2O3S. The molecule has 0 amide bonds. The molecule has 1 atom stereocenters. The minimum atomic E-state index is -3.59. The van der Waals surface area contributed by atoms with Gasteiger partial charge in [-0.25, -0.2) is 13.1 Å². The molecule has 0 bridgehead atoms. The molecule has 19 heavy (non-hydrogen) atoms. The summed E-state index contributed by atoms with van der Waals surface area (Å²) < 4.78 is 32.4. The number of aryl methyl sites for hydroxylation is 1. The Bertz CT molecular complexity index is 545. The number of hydrogen-bond acceptors (Lipinski definition) is 4. The van der Waals surface area contributed by atoms with Crippen molar-refractivity contribution in [1.29, 1.82) is 0 Å². The molecular weight excluding hydrogens is 288 g/mol. The fourth-order valence-electron chi connectivity index (χ4n) is 2.04. The van der Waals surface area contributed by atoms with Crippen LogP contribution in [0.4, 0.5) is 5.69 Å². The van der Waals surface area contributed by atoms with Crippen molar-refractivity contribution in [1.82, 2.24) is 4.72 Å². The predicted octanol–water partition coefficient (Wildman–Crippen LogP) is 1.69. The number of nitrogen functional groups attached to an aromatic ring is 1. The fraction of sp³-hybridized carbons (Fsp3) is 0.500. The zero-order valence-corrected chi connectivity index (χ0v) is 12.2. The summed E-state index contributed by atoms with van der Waals surface area (Å²) in [6.07, 6.45) is 1.64. The second kappa shape index (κ2) is 5.66. The van der Waals surface area contributed by atoms with Crippen LogP contribution in [0.2, 0.25) is 5.02 Å². The minimum absolute atomic E-state index is 0.137. The lowest BCUT2D eigenvalue weighted by Gasteiger charge is -2.23. The molecule has 1 unspecified atom stereocenters. The molecule has 1 aromatic carbocycles. The van der Waals surface area contributed by atoms with Gasteiger partial charge in [0.25, 0.3) is 0 Å². The van der Waals surface area contributed by atoms with Gasteiger partial charge in [0.2, 0.25) is 10.0 Å². The van der Waals surface area contributed by atoms with Crippen LogP contribution in [0.1, 0.15) is 18.4 Å². The number of halogens is 1. The summed E-state index contributed by atoms with van der Waals surface area (Å²) in [7, 11) is -3.59. The van der Waals surface area contributed by atoms with Crippen molar-refractivity contribution in [3.8, 4) is 0 Å². The molecule has 5 nitrogen and oxygen atoms in total. The quantitative estimate of drug-likeness (QED) is 0.833. The second-order valence-corrected chi connectivity index (χ2v) is 6.77. The molecule has 0 saturated carbocycles. The Morgan fingerprint density at radius 1 is 1.47 bits per heavy atom. The van der Waals surface area contributed by atoms with E-state index in [1.807, 2.05) is 0 Å². The highest BCUT2D eigenvalue weighted by Crippen LogP contribution is 2.27. The van der Waals surface area contributed by atoms with E-state index in [9.17, 15) is 8.42 Å². The SMILES string of the molecule is Cc1cc(S(=O)(=O)NC2CCCOC2)cc(N)c1Cl. The molecule has 1 aliphatic heterocycles. The third-order valence-corrected chi connectivity index (χ3v) is 5.06. The average Bonchev–Trinajstić information content (AvgIpc) is 2.36. The van der Waals surface area contributed by atoms with Gasteiger partial charge in [-0.2, -0.15) is 0 Å². The molecule has 0 radical (unpaired) electrons. The largest absolute Gasteiger partial charge is 0.397 e. The van der Waals surface area contributed by atoms with Gasteiger partial charge < -0.3 is 10.5 Å². The first-order valence-corrected chi connectivity index (χ1v) is 7.92. The van der Waals surface area contributed by atoms with E-state index >= 15 is 0 Å². The van der Waals surface area contributed by atoms with E-state index in [1.54, 1.807) is 6.92 Å². The summed E-state index contributed by atoms with van der Waals surface area (Å²) in [5, 5.41) is 0.389. The van der Waals surface area contributed by atoms with Gasteiger partial charge in [-0.15, -0.1) is 0 Å². The molecule has 0 spiro atoms. The highest BCUT2D eigenvalue weighted by Gasteiger charge is 2.23. The summed E-state index contributed by atoms with van der Waals surface area (Å²) in [5.74, 6) is 0. The summed E-state index contributed by atoms with van der Waals surface area (Å²) in [6, 6.07) is 2.71. The van der Waals surface area contributed by atoms with E-state index in [2.05, 4.69) is 4.72 Å². The van der Waals surface area contributed by atoms with Crippen molar-refractivity contribution < 1.29 is 13.2 Å². The molecule has 106 valence electrons. The zero-order chi connectivity index (χ0) is 14.0. The van der Waals surface area contributed by atoms with Crippen LogP contribution in [-0.4, -0.2) is 27.7 Å². The van der Waals surface area contributed by atoms with Gasteiger partial charge >= 0.3 is 0 Å². The summed E-state index contributed by atoms with van der Waals surface area (Å²) >= 11 is 5.93. The number of rotatable bonds is 3. The number of ether oxygens (including phenoxy) is 1. The summed E-state index contributed by atoms with van der Waals surface area (Å²) in [4.78, 5) is 0.137. The highest BCUT2D eigenvalue weighted by molar-refractivity contribution is 7.89. The molecule has 2 rings (SSSR count). The lowest BCUT2D eigenvalue weighted by Crippen LogP contribution is -2.40. The van der Waals surface area contributed by atoms with E-state index in [0.29, 0.717) is 23.8 Å². The van der Waals surface area contributed by atoms with E-state index in [-0.39, 0.29) is 16.6 Å². The number of hydrogen-bond donors (Lipinski definition) is 2. The molecule has 1 saturated heterocycles. The second-order valence-electron chi connectivity index (χ2n) is 4.68. The topological polar surface area (TPSA) is 81.4 Å². The Hall–Kier alpha value is -0.820. The molecule has 1 fully saturated rings. The molecule has 1 heterocycles. The summed E-state index contributed by atoms with van der Waals surface area (Å²) in [6.45, 7) is 2.81. The fourth-order valence-corrected chi connectivity index (χ4v) is 3.52. The summed E-state index contributed by atoms with van der Waals surface area (Å²) in [5.41, 5.74) is 6.61. The van der Waals surface area contributed by atoms with Gasteiger partial charge in [0.15, 0.2) is 0 Å². The van der Waals surface area contributed by atoms with Crippen molar-refractivity contribution in [3.05, 3.63) is 22.7 Å². The van der Waals surface area contributed by atoms with Crippen molar-refractivity contribution in [2.75, 3.05) is 18.9 Å². The van der Waals surface area contributed by atoms with Crippen LogP contribution in [0.5, 0.6) is 0 Å². The van der Waals surface area contributed by atoms with Crippen LogP contribution < -0.4 is 10.5 Å². The van der Waals surface area contributed by atoms with Crippen molar-refractivity contribution in [2.24, 2.45) is 0 Å². The maximum absolute atomic E-state index is 12.3. The Balaban J connectivity index is 2.24. The van der Waals surface area contributed by atoms with Gasteiger partial charge in [-0.05, 0) is 37.5 Å². The number of nitrogens with one attached hydrogen (secondary N) is 1. The van der Waals surface area contributed by atoms with Gasteiger partial charge in [-0.1, -0.05) is 11.6 Å². The lowest BCUT2D eigenvalue weighted by molar-refractivity contribution is 0.0774. The molecule has 0 aromatic heterocycles. The number of sulfonamides is 1. The highest BCUT2D eigenvalue weighted by atomic mass is 35.5. The van der Waals surface area contributed by atoms with Gasteiger partial charge in [0.1, 0.15) is 0 Å². The lowest BCUT2D eigenvalue weighted by atomic mass is 10.1. The maximum Gasteiger partial charge on any atom is 0.240 e. The smallest absolute Gasteiger partial charge is 0.240 e. The van der Waals surface area contributed by atoms with Crippen LogP contribution in [0.15, 0.2) is 17.0 Å². The first kappa shape index (κ1) is 14.6. The van der Waals surface area contributed by atoms with Crippen molar-refractivity contribution in [3.63, 3.8) is 0 Å². The molecule has 3 N–H and O–H groups in total. The van der Waals surface area contributed by atoms with Crippen LogP contribution in [0, 0.1) is 6.92 Å². The van der Waals surface area contributed by atoms with Crippen molar-refractivity contribution >= 4 is 27.3 Å². The first-order valence-electron chi connectivity index (χ1n) is 6.06. The zero-order valence-electron chi connectivity index (χ0n) is 10.6. The van der Waals surface area contributed by atoms with E-state index < -0.39 is 10.0 Å². The standard InChI is InChI=1S/C12H17ClN2O3S/c1-8-5-10(6-11(14)12(8)13)19(16,17)15-9-3-2-4-18-7-9/h5-6,9,15H,2-4,7,14H2,1H3. The Labute approximate surface area is 118 Å². The van der Waals surface area contributed by atoms with Gasteiger partial charge in [0.05, 0.1) is 22.2 Å². The number of anilines is 1. The van der Waals surface area contributed by atoms with Crippen molar-refractivity contribution in [2.45, 2.75) is 30.7 Å². The Morgan fingerprint density at radius 2 is 2.21 bits per heavy atom. The van der Waals surface area contributed by atoms with Gasteiger partial charge in [0, 0.05) is 12.6 Å². The maximum atomic E-state index is 12.3. The van der Waals surface area contributed by atoms with Gasteiger partial charge in [-0.3, -0.25) is 0 Å². The monoisotopic (exact) mass is 304 g/mol. The third kappa shape index (κ3) is 3.39. The van der Waals surface area contributed by atoms with Crippen LogP contribution >= 0.6 is 11.6 Å². The normalized spacial score (nSPS) is 20.4. The third-order valence-electron chi connectivity index (χ3n) is 3.05. The molecule has 0 aliphatic carbocycles. The van der Waals surface area contributed by atoms with Crippen LogP contribution in [0.25, 0.3) is 0 Å².